The van der Waals surface area contributed by atoms with Gasteiger partial charge in [-0.1, -0.05) is 0 Å². The van der Waals surface area contributed by atoms with Crippen LogP contribution in [-0.4, -0.2) is 23.5 Å². The van der Waals surface area contributed by atoms with E-state index >= 15 is 0 Å². The van der Waals surface area contributed by atoms with E-state index in [4.69, 9.17) is 0 Å². The Morgan fingerprint density at radius 1 is 1.30 bits per heavy atom. The Labute approximate surface area is 62.9 Å². The second-order valence-electron chi connectivity index (χ2n) is 1.87. The lowest BCUT2D eigenvalue weighted by molar-refractivity contribution is -0.185. The first-order valence-corrected chi connectivity index (χ1v) is 3.22. The quantitative estimate of drug-likeness (QED) is 0.393. The molecule has 1 saturated heterocycles. The Balaban J connectivity index is 2.63. The predicted octanol–water partition coefficient (Wildman–Crippen LogP) is -0.269. The highest BCUT2D eigenvalue weighted by atomic mass is 32.1. The van der Waals surface area contributed by atoms with E-state index in [1.54, 1.807) is 0 Å². The molecule has 0 N–H and O–H groups in total. The fourth-order valence-electron chi connectivity index (χ4n) is 0.535. The van der Waals surface area contributed by atoms with Crippen LogP contribution >= 0.6 is 12.6 Å². The molecule has 1 rings (SSSR count). The third-order valence-electron chi connectivity index (χ3n) is 1.05. The second-order valence-corrected chi connectivity index (χ2v) is 2.34. The van der Waals surface area contributed by atoms with E-state index < -0.39 is 23.5 Å². The zero-order chi connectivity index (χ0) is 7.72. The SMILES string of the molecule is CC1OC(=O)C(S)OC1=O. The van der Waals surface area contributed by atoms with Crippen LogP contribution in [-0.2, 0) is 19.1 Å². The summed E-state index contributed by atoms with van der Waals surface area (Å²) in [7, 11) is 0. The second kappa shape index (κ2) is 2.49. The Bertz CT molecular complexity index is 158. The van der Waals surface area contributed by atoms with E-state index in [1.165, 1.54) is 6.92 Å². The lowest BCUT2D eigenvalue weighted by atomic mass is 10.4. The maximum atomic E-state index is 10.6. The summed E-state index contributed by atoms with van der Waals surface area (Å²) in [6.07, 6.45) is -0.795. The summed E-state index contributed by atoms with van der Waals surface area (Å²) in [5.74, 6) is -1.17. The molecule has 2 unspecified atom stereocenters. The molecule has 4 nitrogen and oxygen atoms in total. The van der Waals surface area contributed by atoms with Gasteiger partial charge >= 0.3 is 11.9 Å². The zero-order valence-electron chi connectivity index (χ0n) is 5.23. The van der Waals surface area contributed by atoms with Crippen molar-refractivity contribution in [1.82, 2.24) is 0 Å². The first-order chi connectivity index (χ1) is 4.61. The monoisotopic (exact) mass is 162 g/mol. The van der Waals surface area contributed by atoms with E-state index in [2.05, 4.69) is 22.1 Å². The molecule has 0 radical (unpaired) electrons. The fraction of sp³-hybridized carbons (Fsp3) is 0.600. The lowest BCUT2D eigenvalue weighted by Crippen LogP contribution is -2.39. The van der Waals surface area contributed by atoms with E-state index in [9.17, 15) is 9.59 Å². The highest BCUT2D eigenvalue weighted by molar-refractivity contribution is 7.81. The summed E-state index contributed by atoms with van der Waals surface area (Å²) >= 11 is 3.64. The molecular weight excluding hydrogens is 156 g/mol. The van der Waals surface area contributed by atoms with E-state index in [1.807, 2.05) is 0 Å². The van der Waals surface area contributed by atoms with Crippen molar-refractivity contribution >= 4 is 24.6 Å². The summed E-state index contributed by atoms with van der Waals surface area (Å²) < 4.78 is 8.98. The molecule has 0 aromatic heterocycles. The molecule has 1 aliphatic rings. The molecule has 0 saturated carbocycles. The van der Waals surface area contributed by atoms with Crippen LogP contribution in [0.1, 0.15) is 6.92 Å². The van der Waals surface area contributed by atoms with E-state index in [-0.39, 0.29) is 0 Å². The molecule has 5 heteroatoms. The number of carbonyl (C=O) groups is 2. The van der Waals surface area contributed by atoms with E-state index in [0.29, 0.717) is 0 Å². The van der Waals surface area contributed by atoms with Gasteiger partial charge < -0.3 is 9.47 Å². The van der Waals surface area contributed by atoms with Crippen molar-refractivity contribution in [2.75, 3.05) is 0 Å². The van der Waals surface area contributed by atoms with Crippen molar-refractivity contribution in [3.8, 4) is 0 Å². The number of hydrogen-bond acceptors (Lipinski definition) is 5. The summed E-state index contributed by atoms with van der Waals surface area (Å²) in [5.41, 5.74) is -1.05. The molecule has 1 aliphatic heterocycles. The number of ether oxygens (including phenoxy) is 2. The van der Waals surface area contributed by atoms with Gasteiger partial charge in [0.05, 0.1) is 0 Å². The molecule has 10 heavy (non-hydrogen) atoms. The highest BCUT2D eigenvalue weighted by Gasteiger charge is 2.32. The van der Waals surface area contributed by atoms with Gasteiger partial charge in [0.1, 0.15) is 0 Å². The predicted molar refractivity (Wildman–Crippen MR) is 34.4 cm³/mol. The highest BCUT2D eigenvalue weighted by Crippen LogP contribution is 2.11. The van der Waals surface area contributed by atoms with Gasteiger partial charge in [-0.05, 0) is 6.92 Å². The van der Waals surface area contributed by atoms with Crippen molar-refractivity contribution in [2.24, 2.45) is 0 Å². The molecule has 0 bridgehead atoms. The van der Waals surface area contributed by atoms with Crippen molar-refractivity contribution in [3.05, 3.63) is 0 Å². The molecule has 0 aromatic carbocycles. The minimum atomic E-state index is -1.05. The maximum Gasteiger partial charge on any atom is 0.358 e. The average molecular weight is 162 g/mol. The molecule has 0 spiro atoms. The van der Waals surface area contributed by atoms with Crippen LogP contribution in [0.4, 0.5) is 0 Å². The molecule has 0 amide bonds. The Morgan fingerprint density at radius 3 is 2.40 bits per heavy atom. The number of esters is 2. The van der Waals surface area contributed by atoms with Crippen LogP contribution in [0, 0.1) is 0 Å². The van der Waals surface area contributed by atoms with Gasteiger partial charge in [-0.15, -0.1) is 12.6 Å². The van der Waals surface area contributed by atoms with Crippen molar-refractivity contribution in [2.45, 2.75) is 18.5 Å². The zero-order valence-corrected chi connectivity index (χ0v) is 6.13. The summed E-state index contributed by atoms with van der Waals surface area (Å²) in [6, 6.07) is 0. The van der Waals surface area contributed by atoms with Crippen LogP contribution in [0.3, 0.4) is 0 Å². The largest absolute Gasteiger partial charge is 0.447 e. The first kappa shape index (κ1) is 7.40. The van der Waals surface area contributed by atoms with Crippen molar-refractivity contribution in [3.63, 3.8) is 0 Å². The van der Waals surface area contributed by atoms with Crippen LogP contribution in [0.5, 0.6) is 0 Å². The molecule has 2 atom stereocenters. The Morgan fingerprint density at radius 2 is 1.90 bits per heavy atom. The maximum absolute atomic E-state index is 10.6. The lowest BCUT2D eigenvalue weighted by Gasteiger charge is -2.21. The number of carbonyl (C=O) groups excluding carboxylic acids is 2. The van der Waals surface area contributed by atoms with Crippen LogP contribution in [0.2, 0.25) is 0 Å². The normalized spacial score (nSPS) is 33.0. The third kappa shape index (κ3) is 1.23. The molecule has 0 aromatic rings. The van der Waals surface area contributed by atoms with Crippen molar-refractivity contribution in [1.29, 1.82) is 0 Å². The Kier molecular flexibility index (Phi) is 1.85. The summed E-state index contributed by atoms with van der Waals surface area (Å²) in [4.78, 5) is 21.2. The number of rotatable bonds is 0. The Hall–Kier alpha value is -0.710. The van der Waals surface area contributed by atoms with Gasteiger partial charge in [0.2, 0.25) is 5.44 Å². The third-order valence-corrected chi connectivity index (χ3v) is 1.37. The summed E-state index contributed by atoms with van der Waals surface area (Å²) in [6.45, 7) is 1.44. The standard InChI is InChI=1S/C5H6O4S/c1-2-3(6)9-5(10)4(7)8-2/h2,5,10H,1H3. The van der Waals surface area contributed by atoms with Crippen LogP contribution in [0.15, 0.2) is 0 Å². The minimum Gasteiger partial charge on any atom is -0.447 e. The molecule has 1 fully saturated rings. The van der Waals surface area contributed by atoms with Crippen LogP contribution in [0.25, 0.3) is 0 Å². The van der Waals surface area contributed by atoms with Crippen LogP contribution < -0.4 is 0 Å². The fourth-order valence-corrected chi connectivity index (χ4v) is 0.699. The average Bonchev–Trinajstić information content (AvgIpc) is 1.84. The van der Waals surface area contributed by atoms with Gasteiger partial charge in [0, 0.05) is 0 Å². The van der Waals surface area contributed by atoms with Gasteiger partial charge in [0.25, 0.3) is 0 Å². The smallest absolute Gasteiger partial charge is 0.358 e. The van der Waals surface area contributed by atoms with Crippen molar-refractivity contribution < 1.29 is 19.1 Å². The topological polar surface area (TPSA) is 52.6 Å². The van der Waals surface area contributed by atoms with Gasteiger partial charge in [0.15, 0.2) is 6.10 Å². The van der Waals surface area contributed by atoms with Gasteiger partial charge in [-0.3, -0.25) is 0 Å². The first-order valence-electron chi connectivity index (χ1n) is 2.70. The number of thiol groups is 1. The minimum absolute atomic E-state index is 0.556. The van der Waals surface area contributed by atoms with Gasteiger partial charge in [-0.2, -0.15) is 0 Å². The molecule has 0 aliphatic carbocycles. The molecule has 56 valence electrons. The molecular formula is C5H6O4S. The van der Waals surface area contributed by atoms with E-state index in [0.717, 1.165) is 0 Å². The number of hydrogen-bond donors (Lipinski definition) is 1. The molecule has 1 heterocycles. The summed E-state index contributed by atoms with van der Waals surface area (Å²) in [5, 5.41) is 0. The van der Waals surface area contributed by atoms with Gasteiger partial charge in [-0.25, -0.2) is 9.59 Å². The number of cyclic esters (lactones) is 2.